The van der Waals surface area contributed by atoms with Gasteiger partial charge < -0.3 is 4.90 Å². The smallest absolute Gasteiger partial charge is 0.275 e. The van der Waals surface area contributed by atoms with Crippen molar-refractivity contribution < 1.29 is 4.79 Å². The van der Waals surface area contributed by atoms with E-state index in [9.17, 15) is 4.79 Å². The molecule has 6 heteroatoms. The van der Waals surface area contributed by atoms with Crippen molar-refractivity contribution in [2.45, 2.75) is 20.0 Å². The summed E-state index contributed by atoms with van der Waals surface area (Å²) in [5.74, 6) is -0.0467. The number of aryl methyl sites for hydroxylation is 1. The number of carbonyl (C=O) groups is 1. The Morgan fingerprint density at radius 1 is 0.963 bits per heavy atom. The van der Waals surface area contributed by atoms with E-state index in [-0.39, 0.29) is 5.91 Å². The average molecular weight is 394 g/mol. The molecule has 4 nitrogen and oxygen atoms in total. The molecule has 3 aromatic heterocycles. The molecule has 0 fully saturated rings. The van der Waals surface area contributed by atoms with Gasteiger partial charge in [0, 0.05) is 15.4 Å². The maximum Gasteiger partial charge on any atom is 0.275 e. The molecule has 0 aliphatic carbocycles. The fraction of sp³-hybridized carbons (Fsp3) is 0.143. The van der Waals surface area contributed by atoms with Gasteiger partial charge in [-0.1, -0.05) is 30.3 Å². The number of thiophene rings is 2. The van der Waals surface area contributed by atoms with E-state index in [1.165, 1.54) is 9.75 Å². The molecule has 4 aromatic rings. The van der Waals surface area contributed by atoms with Crippen LogP contribution in [0.1, 0.15) is 25.9 Å². The van der Waals surface area contributed by atoms with Crippen LogP contribution >= 0.6 is 22.7 Å². The zero-order valence-electron chi connectivity index (χ0n) is 14.9. The molecule has 0 unspecified atom stereocenters. The highest BCUT2D eigenvalue weighted by atomic mass is 32.1. The van der Waals surface area contributed by atoms with Crippen LogP contribution in [0.5, 0.6) is 0 Å². The monoisotopic (exact) mass is 393 g/mol. The minimum Gasteiger partial charge on any atom is -0.327 e. The van der Waals surface area contributed by atoms with Crippen LogP contribution in [0.4, 0.5) is 0 Å². The number of para-hydroxylation sites is 1. The van der Waals surface area contributed by atoms with Crippen LogP contribution in [0.2, 0.25) is 0 Å². The van der Waals surface area contributed by atoms with Crippen LogP contribution in [0.25, 0.3) is 5.69 Å². The minimum atomic E-state index is -0.0467. The van der Waals surface area contributed by atoms with Crippen LogP contribution in [0, 0.1) is 6.92 Å². The number of amides is 1. The van der Waals surface area contributed by atoms with Crippen molar-refractivity contribution in [3.63, 3.8) is 0 Å². The maximum absolute atomic E-state index is 13.3. The van der Waals surface area contributed by atoms with E-state index in [0.717, 1.165) is 11.4 Å². The topological polar surface area (TPSA) is 38.1 Å². The summed E-state index contributed by atoms with van der Waals surface area (Å²) >= 11 is 3.33. The summed E-state index contributed by atoms with van der Waals surface area (Å²) in [6, 6.07) is 19.9. The number of aromatic nitrogens is 2. The predicted octanol–water partition coefficient (Wildman–Crippen LogP) is 5.15. The van der Waals surface area contributed by atoms with Crippen LogP contribution in [0.3, 0.4) is 0 Å². The molecule has 1 aromatic carbocycles. The van der Waals surface area contributed by atoms with Gasteiger partial charge in [0.15, 0.2) is 5.69 Å². The van der Waals surface area contributed by atoms with E-state index < -0.39 is 0 Å². The lowest BCUT2D eigenvalue weighted by atomic mass is 10.3. The van der Waals surface area contributed by atoms with Crippen molar-refractivity contribution in [3.05, 3.63) is 92.6 Å². The van der Waals surface area contributed by atoms with Crippen molar-refractivity contribution in [3.8, 4) is 5.69 Å². The van der Waals surface area contributed by atoms with Gasteiger partial charge in [-0.25, -0.2) is 4.68 Å². The number of hydrogen-bond acceptors (Lipinski definition) is 4. The van der Waals surface area contributed by atoms with E-state index in [1.54, 1.807) is 22.7 Å². The van der Waals surface area contributed by atoms with E-state index in [4.69, 9.17) is 0 Å². The second-order valence-corrected chi connectivity index (χ2v) is 8.30. The van der Waals surface area contributed by atoms with Crippen LogP contribution < -0.4 is 0 Å². The Bertz CT molecular complexity index is 969. The molecule has 0 spiro atoms. The molecule has 27 heavy (non-hydrogen) atoms. The molecule has 4 rings (SSSR count). The second-order valence-electron chi connectivity index (χ2n) is 6.24. The average Bonchev–Trinajstić information content (AvgIpc) is 3.44. The highest BCUT2D eigenvalue weighted by molar-refractivity contribution is 7.10. The van der Waals surface area contributed by atoms with Gasteiger partial charge >= 0.3 is 0 Å². The maximum atomic E-state index is 13.3. The summed E-state index contributed by atoms with van der Waals surface area (Å²) in [7, 11) is 0. The Kier molecular flexibility index (Phi) is 5.18. The predicted molar refractivity (Wildman–Crippen MR) is 111 cm³/mol. The normalized spacial score (nSPS) is 10.9. The molecule has 136 valence electrons. The fourth-order valence-electron chi connectivity index (χ4n) is 2.95. The third-order valence-electron chi connectivity index (χ3n) is 4.25. The number of benzene rings is 1. The van der Waals surface area contributed by atoms with Crippen LogP contribution in [-0.2, 0) is 13.1 Å². The molecule has 0 radical (unpaired) electrons. The first-order valence-corrected chi connectivity index (χ1v) is 10.4. The van der Waals surface area contributed by atoms with Gasteiger partial charge in [0.1, 0.15) is 0 Å². The van der Waals surface area contributed by atoms with Crippen LogP contribution in [0.15, 0.2) is 71.4 Å². The molecular weight excluding hydrogens is 374 g/mol. The lowest BCUT2D eigenvalue weighted by Gasteiger charge is -2.20. The molecule has 1 amide bonds. The van der Waals surface area contributed by atoms with Gasteiger partial charge in [-0.3, -0.25) is 4.79 Å². The Morgan fingerprint density at radius 2 is 1.59 bits per heavy atom. The molecule has 0 aliphatic heterocycles. The summed E-state index contributed by atoms with van der Waals surface area (Å²) in [5.41, 5.74) is 2.37. The van der Waals surface area contributed by atoms with E-state index in [0.29, 0.717) is 18.8 Å². The van der Waals surface area contributed by atoms with E-state index in [2.05, 4.69) is 17.2 Å². The van der Waals surface area contributed by atoms with Gasteiger partial charge in [0.25, 0.3) is 5.91 Å². The van der Waals surface area contributed by atoms with Crippen molar-refractivity contribution in [1.82, 2.24) is 14.7 Å². The summed E-state index contributed by atoms with van der Waals surface area (Å²) in [6.45, 7) is 3.15. The fourth-order valence-corrected chi connectivity index (χ4v) is 4.39. The van der Waals surface area contributed by atoms with Gasteiger partial charge in [0.05, 0.1) is 18.8 Å². The zero-order valence-corrected chi connectivity index (χ0v) is 16.5. The number of carbonyl (C=O) groups excluding carboxylic acids is 1. The molecule has 0 bridgehead atoms. The Morgan fingerprint density at radius 3 is 2.15 bits per heavy atom. The first-order chi connectivity index (χ1) is 13.2. The van der Waals surface area contributed by atoms with E-state index >= 15 is 0 Å². The molecule has 0 N–H and O–H groups in total. The third kappa shape index (κ3) is 4.02. The standard InChI is InChI=1S/C21H19N3OS2/c1-16-13-20(22-24(16)17-7-3-2-4-8-17)21(25)23(14-18-9-5-11-26-18)15-19-10-6-12-27-19/h2-13H,14-15H2,1H3. The number of rotatable bonds is 6. The Hall–Kier alpha value is -2.70. The second kappa shape index (κ2) is 7.90. The quantitative estimate of drug-likeness (QED) is 0.454. The number of hydrogen-bond donors (Lipinski definition) is 0. The summed E-state index contributed by atoms with van der Waals surface area (Å²) < 4.78 is 1.82. The highest BCUT2D eigenvalue weighted by Crippen LogP contribution is 2.20. The Balaban J connectivity index is 1.63. The molecule has 0 saturated carbocycles. The van der Waals surface area contributed by atoms with Crippen molar-refractivity contribution in [1.29, 1.82) is 0 Å². The van der Waals surface area contributed by atoms with Gasteiger partial charge in [-0.15, -0.1) is 22.7 Å². The van der Waals surface area contributed by atoms with Gasteiger partial charge in [-0.2, -0.15) is 5.10 Å². The summed E-state index contributed by atoms with van der Waals surface area (Å²) in [4.78, 5) is 17.5. The Labute approximate surface area is 166 Å². The highest BCUT2D eigenvalue weighted by Gasteiger charge is 2.21. The van der Waals surface area contributed by atoms with Crippen molar-refractivity contribution in [2.24, 2.45) is 0 Å². The van der Waals surface area contributed by atoms with Crippen LogP contribution in [-0.4, -0.2) is 20.6 Å². The largest absolute Gasteiger partial charge is 0.327 e. The van der Waals surface area contributed by atoms with Crippen molar-refractivity contribution in [2.75, 3.05) is 0 Å². The SMILES string of the molecule is Cc1cc(C(=O)N(Cc2cccs2)Cc2cccs2)nn1-c1ccccc1. The zero-order chi connectivity index (χ0) is 18.6. The first kappa shape index (κ1) is 17.7. The first-order valence-electron chi connectivity index (χ1n) is 8.67. The lowest BCUT2D eigenvalue weighted by Crippen LogP contribution is -2.30. The summed E-state index contributed by atoms with van der Waals surface area (Å²) in [6.07, 6.45) is 0. The third-order valence-corrected chi connectivity index (χ3v) is 5.97. The molecule has 0 saturated heterocycles. The molecule has 0 aliphatic rings. The molecule has 3 heterocycles. The molecular formula is C21H19N3OS2. The number of nitrogens with zero attached hydrogens (tertiary/aromatic N) is 3. The molecule has 0 atom stereocenters. The summed E-state index contributed by atoms with van der Waals surface area (Å²) in [5, 5.41) is 8.67. The van der Waals surface area contributed by atoms with Crippen molar-refractivity contribution >= 4 is 28.6 Å². The van der Waals surface area contributed by atoms with E-state index in [1.807, 2.05) is 75.8 Å². The van der Waals surface area contributed by atoms with Gasteiger partial charge in [-0.05, 0) is 48.0 Å². The lowest BCUT2D eigenvalue weighted by molar-refractivity contribution is 0.0727. The van der Waals surface area contributed by atoms with Gasteiger partial charge in [0.2, 0.25) is 0 Å². The minimum absolute atomic E-state index is 0.0467.